The van der Waals surface area contributed by atoms with Crippen molar-refractivity contribution in [1.82, 2.24) is 29.7 Å². The van der Waals surface area contributed by atoms with Crippen molar-refractivity contribution >= 4 is 28.7 Å². The zero-order chi connectivity index (χ0) is 42.0. The van der Waals surface area contributed by atoms with E-state index in [9.17, 15) is 9.90 Å². The Hall–Kier alpha value is -5.96. The molecule has 1 aliphatic carbocycles. The van der Waals surface area contributed by atoms with Crippen molar-refractivity contribution in [3.8, 4) is 51.4 Å². The molecule has 6 aromatic rings. The van der Waals surface area contributed by atoms with E-state index in [4.69, 9.17) is 44.7 Å². The number of methoxy groups -OCH3 is 1. The highest BCUT2D eigenvalue weighted by Crippen LogP contribution is 2.49. The van der Waals surface area contributed by atoms with Gasteiger partial charge in [0.1, 0.15) is 59.8 Å². The molecule has 2 atom stereocenters. The number of nitrogens with zero attached hydrogens (tertiary/aromatic N) is 6. The van der Waals surface area contributed by atoms with Crippen LogP contribution in [0.1, 0.15) is 47.8 Å². The van der Waals surface area contributed by atoms with E-state index in [0.29, 0.717) is 62.7 Å². The summed E-state index contributed by atoms with van der Waals surface area (Å²) in [6.45, 7) is 6.52. The Morgan fingerprint density at radius 1 is 0.967 bits per heavy atom. The second kappa shape index (κ2) is 17.6. The van der Waals surface area contributed by atoms with Gasteiger partial charge in [0.05, 0.1) is 23.4 Å². The number of hydrogen-bond acceptors (Lipinski definition) is 13. The third-order valence-electron chi connectivity index (χ3n) is 11.8. The maximum Gasteiger partial charge on any atom is 0.345 e. The van der Waals surface area contributed by atoms with Crippen molar-refractivity contribution < 1.29 is 38.0 Å². The van der Waals surface area contributed by atoms with Gasteiger partial charge in [-0.15, -0.1) is 0 Å². The lowest BCUT2D eigenvalue weighted by Crippen LogP contribution is -2.49. The van der Waals surface area contributed by atoms with Gasteiger partial charge in [0.15, 0.2) is 5.82 Å². The summed E-state index contributed by atoms with van der Waals surface area (Å²) in [5.41, 5.74) is 4.54. The molecule has 6 heterocycles. The summed E-state index contributed by atoms with van der Waals surface area (Å²) < 4.78 is 38.1. The minimum Gasteiger partial charge on any atom is -0.496 e. The molecule has 0 amide bonds. The molecule has 1 saturated heterocycles. The first-order valence-corrected chi connectivity index (χ1v) is 21.0. The number of furan rings is 1. The molecule has 61 heavy (non-hydrogen) atoms. The fourth-order valence-electron chi connectivity index (χ4n) is 8.12. The number of carboxylic acids is 1. The quantitative estimate of drug-likeness (QED) is 0.152. The number of carboxylic acid groups (broad SMARTS) is 1. The molecular formula is C46H47ClN6O8. The molecule has 14 nitrogen and oxygen atoms in total. The Balaban J connectivity index is 1.11. The second-order valence-electron chi connectivity index (χ2n) is 15.8. The number of aliphatic carboxylic acids is 1. The van der Waals surface area contributed by atoms with Crippen LogP contribution in [0.2, 0.25) is 5.02 Å². The largest absolute Gasteiger partial charge is 0.496 e. The van der Waals surface area contributed by atoms with Crippen molar-refractivity contribution in [3.63, 3.8) is 0 Å². The highest BCUT2D eigenvalue weighted by molar-refractivity contribution is 6.33. The number of hydrogen-bond donors (Lipinski definition) is 1. The summed E-state index contributed by atoms with van der Waals surface area (Å²) in [6, 6.07) is 18.5. The molecule has 2 fully saturated rings. The maximum absolute atomic E-state index is 13.2. The monoisotopic (exact) mass is 846 g/mol. The van der Waals surface area contributed by atoms with Gasteiger partial charge in [0, 0.05) is 62.4 Å². The minimum atomic E-state index is -1.39. The normalized spacial score (nSPS) is 18.7. The highest BCUT2D eigenvalue weighted by Gasteiger charge is 2.34. The first-order chi connectivity index (χ1) is 29.7. The number of para-hydroxylation sites is 1. The van der Waals surface area contributed by atoms with Crippen LogP contribution in [0.4, 0.5) is 0 Å². The molecule has 1 N–H and O–H groups in total. The lowest BCUT2D eigenvalue weighted by molar-refractivity contribution is -0.145. The van der Waals surface area contributed by atoms with E-state index in [0.717, 1.165) is 73.5 Å². The van der Waals surface area contributed by atoms with Crippen molar-refractivity contribution in [2.24, 2.45) is 0 Å². The molecule has 0 radical (unpaired) electrons. The second-order valence-corrected chi connectivity index (χ2v) is 16.2. The number of carbonyl (C=O) groups is 1. The maximum atomic E-state index is 13.2. The number of rotatable bonds is 9. The molecule has 1 unspecified atom stereocenters. The van der Waals surface area contributed by atoms with Crippen molar-refractivity contribution in [1.29, 1.82) is 0 Å². The van der Waals surface area contributed by atoms with Crippen molar-refractivity contribution in [2.75, 3.05) is 53.5 Å². The molecule has 4 bridgehead atoms. The van der Waals surface area contributed by atoms with E-state index in [1.165, 1.54) is 6.33 Å². The molecular weight excluding hydrogens is 800 g/mol. The van der Waals surface area contributed by atoms with E-state index < -0.39 is 18.2 Å². The van der Waals surface area contributed by atoms with Crippen molar-refractivity contribution in [3.05, 3.63) is 101 Å². The Kier molecular flexibility index (Phi) is 11.6. The van der Waals surface area contributed by atoms with Gasteiger partial charge >= 0.3 is 5.97 Å². The highest BCUT2D eigenvalue weighted by atomic mass is 35.5. The summed E-state index contributed by atoms with van der Waals surface area (Å²) in [7, 11) is 3.73. The molecule has 3 aromatic heterocycles. The summed E-state index contributed by atoms with van der Waals surface area (Å²) in [4.78, 5) is 36.1. The van der Waals surface area contributed by atoms with Crippen LogP contribution >= 0.6 is 11.6 Å². The van der Waals surface area contributed by atoms with Gasteiger partial charge in [-0.2, -0.15) is 0 Å². The van der Waals surface area contributed by atoms with Crippen LogP contribution in [0, 0.1) is 6.92 Å². The fraction of sp³-hybridized carbons (Fsp3) is 0.370. The molecule has 1 saturated carbocycles. The zero-order valence-corrected chi connectivity index (χ0v) is 35.1. The summed E-state index contributed by atoms with van der Waals surface area (Å²) >= 11 is 7.20. The zero-order valence-electron chi connectivity index (χ0n) is 34.3. The van der Waals surface area contributed by atoms with Crippen molar-refractivity contribution in [2.45, 2.75) is 57.3 Å². The number of likely N-dealkylation sites (N-methyl/N-ethyl adjacent to an activating group) is 1. The predicted octanol–water partition coefficient (Wildman–Crippen LogP) is 7.63. The third kappa shape index (κ3) is 8.52. The molecule has 3 aliphatic heterocycles. The average Bonchev–Trinajstić information content (AvgIpc) is 3.62. The summed E-state index contributed by atoms with van der Waals surface area (Å²) in [5.74, 6) is 2.43. The average molecular weight is 847 g/mol. The van der Waals surface area contributed by atoms with Gasteiger partial charge in [-0.3, -0.25) is 4.90 Å². The molecule has 10 rings (SSSR count). The first kappa shape index (κ1) is 40.4. The summed E-state index contributed by atoms with van der Waals surface area (Å²) in [6.07, 6.45) is 4.10. The molecule has 316 valence electrons. The van der Waals surface area contributed by atoms with E-state index >= 15 is 0 Å². The Labute approximate surface area is 358 Å². The van der Waals surface area contributed by atoms with Gasteiger partial charge in [-0.05, 0) is 80.4 Å². The van der Waals surface area contributed by atoms with Crippen LogP contribution in [-0.4, -0.2) is 107 Å². The smallest absolute Gasteiger partial charge is 0.345 e. The van der Waals surface area contributed by atoms with Gasteiger partial charge in [0.25, 0.3) is 0 Å². The van der Waals surface area contributed by atoms with Crippen LogP contribution in [0.25, 0.3) is 33.6 Å². The van der Waals surface area contributed by atoms with Crippen LogP contribution in [0.5, 0.6) is 28.9 Å². The standard InChI is InChI=1S/C46H47ClN6O8/c1-27-33-12-14-37(41(27)47)59-32(23-53-19-17-52(2)18-20-53)25-57-31-11-13-35(58-24-30-15-16-48-43(51-30)34-9-4-5-10-36(34)56-3)29(21-31)22-38(46(54)55)60-44-40-39(33)42(28-7-6-8-28)61-45(40)50-26-49-44/h4-5,9-16,21,26,28,32,38H,6-8,17-20,22-25H2,1-3H3,(H,54,55)/t32-,38?/m1/s1. The first-order valence-electron chi connectivity index (χ1n) is 20.6. The number of piperazine rings is 1. The Bertz CT molecular complexity index is 2560. The van der Waals surface area contributed by atoms with E-state index in [-0.39, 0.29) is 31.4 Å². The lowest BCUT2D eigenvalue weighted by Gasteiger charge is -2.34. The number of fused-ring (bicyclic) bond motifs is 7. The van der Waals surface area contributed by atoms with Gasteiger partial charge in [-0.1, -0.05) is 36.2 Å². The van der Waals surface area contributed by atoms with Crippen LogP contribution in [0.3, 0.4) is 0 Å². The number of aromatic nitrogens is 4. The fourth-order valence-corrected chi connectivity index (χ4v) is 8.33. The molecule has 0 spiro atoms. The third-order valence-corrected chi connectivity index (χ3v) is 12.2. The molecule has 4 aliphatic rings. The topological polar surface area (TPSA) is 155 Å². The van der Waals surface area contributed by atoms with Gasteiger partial charge in [-0.25, -0.2) is 24.7 Å². The van der Waals surface area contributed by atoms with Crippen LogP contribution in [-0.2, 0) is 17.8 Å². The Morgan fingerprint density at radius 3 is 2.59 bits per heavy atom. The Morgan fingerprint density at radius 2 is 1.80 bits per heavy atom. The number of benzene rings is 3. The van der Waals surface area contributed by atoms with Crippen LogP contribution < -0.4 is 23.7 Å². The van der Waals surface area contributed by atoms with E-state index in [1.54, 1.807) is 37.6 Å². The van der Waals surface area contributed by atoms with E-state index in [2.05, 4.69) is 31.8 Å². The van der Waals surface area contributed by atoms with Gasteiger partial charge in [0.2, 0.25) is 17.7 Å². The molecule has 15 heteroatoms. The van der Waals surface area contributed by atoms with E-state index in [1.807, 2.05) is 43.3 Å². The summed E-state index contributed by atoms with van der Waals surface area (Å²) in [5, 5.41) is 11.7. The van der Waals surface area contributed by atoms with Crippen LogP contribution in [0.15, 0.2) is 77.6 Å². The lowest BCUT2D eigenvalue weighted by atomic mass is 9.80. The minimum absolute atomic E-state index is 0.0730. The number of halogens is 1. The predicted molar refractivity (Wildman–Crippen MR) is 228 cm³/mol. The molecule has 3 aromatic carbocycles. The SMILES string of the molecule is COc1ccccc1-c1nccc(COc2ccc3cc2CC(C(=O)O)Oc2ncnc4oc(C5CCC5)c(c24)-c2ccc(c(Cl)c2C)O[C@H](CN2CCN(C)CC2)CO3)n1. The van der Waals surface area contributed by atoms with Gasteiger partial charge < -0.3 is 38.1 Å². The number of ether oxygens (including phenoxy) is 5.